The van der Waals surface area contributed by atoms with Gasteiger partial charge in [-0.2, -0.15) is 4.98 Å². The molecule has 19 heavy (non-hydrogen) atoms. The van der Waals surface area contributed by atoms with Crippen molar-refractivity contribution in [3.63, 3.8) is 0 Å². The first-order valence-corrected chi connectivity index (χ1v) is 6.60. The Balaban J connectivity index is 1.85. The first-order chi connectivity index (χ1) is 9.28. The lowest BCUT2D eigenvalue weighted by atomic mass is 10.2. The third kappa shape index (κ3) is 2.72. The Morgan fingerprint density at radius 3 is 2.95 bits per heavy atom. The van der Waals surface area contributed by atoms with E-state index >= 15 is 0 Å². The smallest absolute Gasteiger partial charge is 0.240 e. The summed E-state index contributed by atoms with van der Waals surface area (Å²) in [6.07, 6.45) is 2.48. The Kier molecular flexibility index (Phi) is 3.40. The summed E-state index contributed by atoms with van der Waals surface area (Å²) in [5.74, 6) is 2.15. The summed E-state index contributed by atoms with van der Waals surface area (Å²) in [5, 5.41) is 4.37. The molecule has 0 amide bonds. The van der Waals surface area contributed by atoms with Crippen molar-refractivity contribution in [1.82, 2.24) is 10.1 Å². The largest absolute Gasteiger partial charge is 0.492 e. The lowest BCUT2D eigenvalue weighted by molar-refractivity contribution is 0.300. The van der Waals surface area contributed by atoms with Gasteiger partial charge in [-0.05, 0) is 30.9 Å². The first-order valence-electron chi connectivity index (χ1n) is 6.22. The van der Waals surface area contributed by atoms with Crippen LogP contribution < -0.4 is 10.5 Å². The van der Waals surface area contributed by atoms with E-state index < -0.39 is 0 Å². The first kappa shape index (κ1) is 12.4. The van der Waals surface area contributed by atoms with Crippen LogP contribution in [0.2, 0.25) is 5.02 Å². The van der Waals surface area contributed by atoms with E-state index in [4.69, 9.17) is 26.6 Å². The second-order valence-electron chi connectivity index (χ2n) is 4.59. The van der Waals surface area contributed by atoms with Crippen molar-refractivity contribution in [3.05, 3.63) is 29.1 Å². The molecule has 0 atom stereocenters. The van der Waals surface area contributed by atoms with Gasteiger partial charge in [0.25, 0.3) is 0 Å². The predicted octanol–water partition coefficient (Wildman–Crippen LogP) is 2.64. The van der Waals surface area contributed by atoms with Gasteiger partial charge in [0.2, 0.25) is 11.7 Å². The van der Waals surface area contributed by atoms with Crippen LogP contribution in [-0.4, -0.2) is 16.7 Å². The number of nitrogens with two attached hydrogens (primary N) is 1. The summed E-state index contributed by atoms with van der Waals surface area (Å²) in [6.45, 7) is 0.923. The average Bonchev–Trinajstić information content (AvgIpc) is 3.13. The molecule has 0 bridgehead atoms. The van der Waals surface area contributed by atoms with Crippen LogP contribution in [0.3, 0.4) is 0 Å². The van der Waals surface area contributed by atoms with E-state index in [9.17, 15) is 0 Å². The minimum Gasteiger partial charge on any atom is -0.492 e. The monoisotopic (exact) mass is 279 g/mol. The molecule has 6 heteroatoms. The van der Waals surface area contributed by atoms with Crippen molar-refractivity contribution < 1.29 is 9.26 Å². The minimum atomic E-state index is 0.211. The molecular weight excluding hydrogens is 266 g/mol. The van der Waals surface area contributed by atoms with Crippen LogP contribution in [0.5, 0.6) is 5.75 Å². The summed E-state index contributed by atoms with van der Waals surface area (Å²) in [4.78, 5) is 4.17. The lowest BCUT2D eigenvalue weighted by Gasteiger charge is -2.08. The maximum absolute atomic E-state index is 6.32. The Bertz CT molecular complexity index is 581. The molecule has 1 aromatic heterocycles. The fourth-order valence-corrected chi connectivity index (χ4v) is 2.00. The predicted molar refractivity (Wildman–Crippen MR) is 70.9 cm³/mol. The van der Waals surface area contributed by atoms with Gasteiger partial charge >= 0.3 is 0 Å². The number of halogens is 1. The van der Waals surface area contributed by atoms with E-state index in [-0.39, 0.29) is 6.54 Å². The molecular formula is C13H14ClN3O2. The van der Waals surface area contributed by atoms with Crippen molar-refractivity contribution in [1.29, 1.82) is 0 Å². The zero-order chi connectivity index (χ0) is 13.2. The highest BCUT2D eigenvalue weighted by Gasteiger charge is 2.23. The molecule has 1 fully saturated rings. The van der Waals surface area contributed by atoms with Gasteiger partial charge in [-0.3, -0.25) is 0 Å². The molecule has 100 valence electrons. The molecule has 0 spiro atoms. The zero-order valence-corrected chi connectivity index (χ0v) is 11.1. The number of ether oxygens (including phenoxy) is 1. The van der Waals surface area contributed by atoms with Crippen LogP contribution in [-0.2, 0) is 6.54 Å². The molecule has 2 aromatic rings. The summed E-state index contributed by atoms with van der Waals surface area (Å²) >= 11 is 6.32. The number of aromatic nitrogens is 2. The van der Waals surface area contributed by atoms with E-state index in [1.807, 2.05) is 18.2 Å². The summed E-state index contributed by atoms with van der Waals surface area (Å²) in [7, 11) is 0. The highest BCUT2D eigenvalue weighted by atomic mass is 35.5. The minimum absolute atomic E-state index is 0.211. The number of hydrogen-bond acceptors (Lipinski definition) is 5. The summed E-state index contributed by atoms with van der Waals surface area (Å²) in [5.41, 5.74) is 6.14. The van der Waals surface area contributed by atoms with E-state index in [0.29, 0.717) is 40.6 Å². The van der Waals surface area contributed by atoms with Crippen molar-refractivity contribution in [2.24, 2.45) is 11.7 Å². The molecule has 3 rings (SSSR count). The molecule has 0 aliphatic heterocycles. The van der Waals surface area contributed by atoms with E-state index in [0.717, 1.165) is 0 Å². The van der Waals surface area contributed by atoms with Crippen molar-refractivity contribution in [2.45, 2.75) is 19.4 Å². The van der Waals surface area contributed by atoms with Gasteiger partial charge in [-0.25, -0.2) is 0 Å². The molecule has 1 aromatic carbocycles. The standard InChI is InChI=1S/C13H14ClN3O2/c14-12-9(13-16-11(6-15)19-17-13)2-1-3-10(12)18-7-8-4-5-8/h1-3,8H,4-7,15H2. The summed E-state index contributed by atoms with van der Waals surface area (Å²) in [6, 6.07) is 5.54. The van der Waals surface area contributed by atoms with Gasteiger partial charge in [0.1, 0.15) is 5.75 Å². The summed E-state index contributed by atoms with van der Waals surface area (Å²) < 4.78 is 10.7. The third-order valence-corrected chi connectivity index (χ3v) is 3.41. The van der Waals surface area contributed by atoms with Crippen molar-refractivity contribution in [3.8, 4) is 17.1 Å². The van der Waals surface area contributed by atoms with Crippen LogP contribution in [0, 0.1) is 5.92 Å². The molecule has 0 unspecified atom stereocenters. The molecule has 1 aliphatic carbocycles. The second kappa shape index (κ2) is 5.19. The van der Waals surface area contributed by atoms with Crippen LogP contribution in [0.25, 0.3) is 11.4 Å². The van der Waals surface area contributed by atoms with Crippen LogP contribution >= 0.6 is 11.6 Å². The van der Waals surface area contributed by atoms with Crippen molar-refractivity contribution >= 4 is 11.6 Å². The van der Waals surface area contributed by atoms with Gasteiger partial charge in [-0.15, -0.1) is 0 Å². The van der Waals surface area contributed by atoms with Crippen LogP contribution in [0.4, 0.5) is 0 Å². The Labute approximate surface area is 115 Å². The topological polar surface area (TPSA) is 74.2 Å². The van der Waals surface area contributed by atoms with Gasteiger partial charge < -0.3 is 15.0 Å². The molecule has 1 saturated carbocycles. The number of nitrogens with zero attached hydrogens (tertiary/aromatic N) is 2. The highest BCUT2D eigenvalue weighted by molar-refractivity contribution is 6.34. The van der Waals surface area contributed by atoms with Gasteiger partial charge in [-0.1, -0.05) is 22.8 Å². The highest BCUT2D eigenvalue weighted by Crippen LogP contribution is 2.36. The molecule has 2 N–H and O–H groups in total. The number of rotatable bonds is 5. The maximum Gasteiger partial charge on any atom is 0.240 e. The fraction of sp³-hybridized carbons (Fsp3) is 0.385. The molecule has 0 saturated heterocycles. The third-order valence-electron chi connectivity index (χ3n) is 3.02. The van der Waals surface area contributed by atoms with Gasteiger partial charge in [0.05, 0.1) is 18.2 Å². The SMILES string of the molecule is NCc1nc(-c2cccc(OCC3CC3)c2Cl)no1. The second-order valence-corrected chi connectivity index (χ2v) is 4.97. The van der Waals surface area contributed by atoms with Crippen LogP contribution in [0.1, 0.15) is 18.7 Å². The van der Waals surface area contributed by atoms with Crippen molar-refractivity contribution in [2.75, 3.05) is 6.61 Å². The van der Waals surface area contributed by atoms with Crippen LogP contribution in [0.15, 0.2) is 22.7 Å². The fourth-order valence-electron chi connectivity index (χ4n) is 1.73. The number of benzene rings is 1. The van der Waals surface area contributed by atoms with E-state index in [1.54, 1.807) is 0 Å². The molecule has 0 radical (unpaired) electrons. The quantitative estimate of drug-likeness (QED) is 0.911. The molecule has 5 nitrogen and oxygen atoms in total. The Hall–Kier alpha value is -1.59. The zero-order valence-electron chi connectivity index (χ0n) is 10.3. The van der Waals surface area contributed by atoms with E-state index in [2.05, 4.69) is 10.1 Å². The Morgan fingerprint density at radius 1 is 1.42 bits per heavy atom. The van der Waals surface area contributed by atoms with E-state index in [1.165, 1.54) is 12.8 Å². The normalized spacial score (nSPS) is 14.6. The lowest BCUT2D eigenvalue weighted by Crippen LogP contribution is -2.00. The maximum atomic E-state index is 6.32. The molecule has 1 heterocycles. The number of hydrogen-bond donors (Lipinski definition) is 1. The van der Waals surface area contributed by atoms with Gasteiger partial charge in [0.15, 0.2) is 0 Å². The average molecular weight is 280 g/mol. The molecule has 1 aliphatic rings. The Morgan fingerprint density at radius 2 is 2.26 bits per heavy atom. The van der Waals surface area contributed by atoms with Gasteiger partial charge in [0, 0.05) is 5.56 Å².